The van der Waals surface area contributed by atoms with E-state index in [2.05, 4.69) is 5.32 Å². The number of alkyl halides is 3. The molecular formula is C13H16F3NO3. The van der Waals surface area contributed by atoms with Gasteiger partial charge in [-0.15, -0.1) is 0 Å². The van der Waals surface area contributed by atoms with E-state index in [1.807, 2.05) is 0 Å². The average Bonchev–Trinajstić information content (AvgIpc) is 2.81. The first-order valence-electron chi connectivity index (χ1n) is 6.15. The van der Waals surface area contributed by atoms with E-state index in [0.29, 0.717) is 23.8 Å². The molecule has 1 aromatic carbocycles. The van der Waals surface area contributed by atoms with Gasteiger partial charge in [0.1, 0.15) is 0 Å². The zero-order valence-corrected chi connectivity index (χ0v) is 11.2. The van der Waals surface area contributed by atoms with Crippen molar-refractivity contribution in [2.24, 2.45) is 0 Å². The van der Waals surface area contributed by atoms with Crippen LogP contribution in [0.1, 0.15) is 18.9 Å². The number of ether oxygens (including phenoxy) is 3. The van der Waals surface area contributed by atoms with Crippen molar-refractivity contribution in [1.29, 1.82) is 0 Å². The highest BCUT2D eigenvalue weighted by atomic mass is 19.4. The summed E-state index contributed by atoms with van der Waals surface area (Å²) >= 11 is 0. The molecule has 0 spiro atoms. The first-order chi connectivity index (χ1) is 9.39. The van der Waals surface area contributed by atoms with Crippen LogP contribution in [-0.4, -0.2) is 26.1 Å². The lowest BCUT2D eigenvalue weighted by molar-refractivity contribution is -0.139. The Kier molecular flexibility index (Phi) is 4.27. The highest BCUT2D eigenvalue weighted by Crippen LogP contribution is 2.41. The lowest BCUT2D eigenvalue weighted by atomic mass is 10.1. The molecule has 0 aliphatic carbocycles. The number of methoxy groups -OCH3 is 1. The highest BCUT2D eigenvalue weighted by Gasteiger charge is 2.29. The maximum Gasteiger partial charge on any atom is 0.390 e. The Labute approximate surface area is 114 Å². The smallest absolute Gasteiger partial charge is 0.390 e. The molecule has 1 atom stereocenters. The fourth-order valence-electron chi connectivity index (χ4n) is 2.00. The van der Waals surface area contributed by atoms with Gasteiger partial charge in [0.15, 0.2) is 11.5 Å². The lowest BCUT2D eigenvalue weighted by Crippen LogP contribution is -2.30. The summed E-state index contributed by atoms with van der Waals surface area (Å²) in [4.78, 5) is 0. The molecule has 0 fully saturated rings. The van der Waals surface area contributed by atoms with Gasteiger partial charge in [0.05, 0.1) is 13.5 Å². The Bertz CT molecular complexity index is 477. The average molecular weight is 291 g/mol. The Hall–Kier alpha value is -1.63. The molecule has 0 amide bonds. The van der Waals surface area contributed by atoms with E-state index < -0.39 is 18.6 Å². The minimum atomic E-state index is -4.17. The fraction of sp³-hybridized carbons (Fsp3) is 0.538. The fourth-order valence-corrected chi connectivity index (χ4v) is 2.00. The van der Waals surface area contributed by atoms with Crippen LogP contribution in [-0.2, 0) is 6.54 Å². The zero-order chi connectivity index (χ0) is 14.8. The van der Waals surface area contributed by atoms with Crippen molar-refractivity contribution in [2.45, 2.75) is 32.1 Å². The number of rotatable bonds is 5. The van der Waals surface area contributed by atoms with Crippen LogP contribution in [0.15, 0.2) is 12.1 Å². The highest BCUT2D eigenvalue weighted by molar-refractivity contribution is 5.55. The third kappa shape index (κ3) is 3.69. The minimum absolute atomic E-state index is 0.118. The van der Waals surface area contributed by atoms with Gasteiger partial charge in [-0.3, -0.25) is 0 Å². The van der Waals surface area contributed by atoms with Crippen molar-refractivity contribution >= 4 is 0 Å². The molecule has 7 heteroatoms. The summed E-state index contributed by atoms with van der Waals surface area (Å²) in [6.45, 7) is 1.91. The third-order valence-corrected chi connectivity index (χ3v) is 2.91. The largest absolute Gasteiger partial charge is 0.493 e. The molecule has 0 aromatic heterocycles. The molecule has 1 aromatic rings. The van der Waals surface area contributed by atoms with E-state index in [9.17, 15) is 13.2 Å². The summed E-state index contributed by atoms with van der Waals surface area (Å²) in [5.41, 5.74) is 0.778. The van der Waals surface area contributed by atoms with Gasteiger partial charge in [-0.25, -0.2) is 0 Å². The van der Waals surface area contributed by atoms with Crippen molar-refractivity contribution in [3.05, 3.63) is 17.7 Å². The van der Waals surface area contributed by atoms with Gasteiger partial charge >= 0.3 is 6.18 Å². The van der Waals surface area contributed by atoms with Crippen molar-refractivity contribution in [2.75, 3.05) is 13.9 Å². The van der Waals surface area contributed by atoms with Crippen LogP contribution < -0.4 is 19.5 Å². The number of benzene rings is 1. The van der Waals surface area contributed by atoms with Gasteiger partial charge in [-0.2, -0.15) is 13.2 Å². The van der Waals surface area contributed by atoms with Crippen LogP contribution in [0, 0.1) is 0 Å². The molecule has 2 rings (SSSR count). The first kappa shape index (κ1) is 14.8. The van der Waals surface area contributed by atoms with Crippen molar-refractivity contribution in [3.8, 4) is 17.2 Å². The maximum atomic E-state index is 12.2. The van der Waals surface area contributed by atoms with E-state index in [1.165, 1.54) is 14.0 Å². The molecule has 1 aliphatic rings. The number of fused-ring (bicyclic) bond motifs is 1. The second-order valence-electron chi connectivity index (χ2n) is 4.63. The lowest BCUT2D eigenvalue weighted by Gasteiger charge is -2.16. The molecule has 0 saturated carbocycles. The van der Waals surface area contributed by atoms with E-state index in [-0.39, 0.29) is 6.79 Å². The van der Waals surface area contributed by atoms with Crippen molar-refractivity contribution in [3.63, 3.8) is 0 Å². The SMILES string of the molecule is COc1cc(CNC(C)CC(F)(F)F)cc2c1OCO2. The molecule has 1 aliphatic heterocycles. The summed E-state index contributed by atoms with van der Waals surface area (Å²) in [7, 11) is 1.50. The van der Waals surface area contributed by atoms with Crippen LogP contribution in [0.4, 0.5) is 13.2 Å². The van der Waals surface area contributed by atoms with Gasteiger partial charge in [-0.1, -0.05) is 0 Å². The summed E-state index contributed by atoms with van der Waals surface area (Å²) in [6, 6.07) is 2.80. The minimum Gasteiger partial charge on any atom is -0.493 e. The molecule has 1 heterocycles. The van der Waals surface area contributed by atoms with Gasteiger partial charge < -0.3 is 19.5 Å². The van der Waals surface area contributed by atoms with Gasteiger partial charge in [-0.05, 0) is 24.6 Å². The zero-order valence-electron chi connectivity index (χ0n) is 11.2. The number of halogens is 3. The van der Waals surface area contributed by atoms with Gasteiger partial charge in [0.2, 0.25) is 12.5 Å². The van der Waals surface area contributed by atoms with Crippen LogP contribution in [0.5, 0.6) is 17.2 Å². The normalized spacial score (nSPS) is 15.2. The number of nitrogens with one attached hydrogen (secondary N) is 1. The predicted molar refractivity (Wildman–Crippen MR) is 66.1 cm³/mol. The molecule has 112 valence electrons. The van der Waals surface area contributed by atoms with Gasteiger partial charge in [0.25, 0.3) is 0 Å². The van der Waals surface area contributed by atoms with Crippen LogP contribution in [0.25, 0.3) is 0 Å². The number of hydrogen-bond acceptors (Lipinski definition) is 4. The molecule has 4 nitrogen and oxygen atoms in total. The Balaban J connectivity index is 2.00. The second-order valence-corrected chi connectivity index (χ2v) is 4.63. The molecule has 0 bridgehead atoms. The Morgan fingerprint density at radius 1 is 1.35 bits per heavy atom. The maximum absolute atomic E-state index is 12.2. The van der Waals surface area contributed by atoms with Crippen LogP contribution in [0.2, 0.25) is 0 Å². The van der Waals surface area contributed by atoms with E-state index in [1.54, 1.807) is 12.1 Å². The monoisotopic (exact) mass is 291 g/mol. The molecule has 20 heavy (non-hydrogen) atoms. The number of hydrogen-bond donors (Lipinski definition) is 1. The quantitative estimate of drug-likeness (QED) is 0.905. The summed E-state index contributed by atoms with van der Waals surface area (Å²) in [6.07, 6.45) is -5.03. The van der Waals surface area contributed by atoms with Crippen molar-refractivity contribution < 1.29 is 27.4 Å². The molecule has 1 N–H and O–H groups in total. The van der Waals surface area contributed by atoms with Gasteiger partial charge in [0, 0.05) is 12.6 Å². The van der Waals surface area contributed by atoms with Crippen LogP contribution in [0.3, 0.4) is 0 Å². The molecular weight excluding hydrogens is 275 g/mol. The molecule has 0 radical (unpaired) electrons. The Morgan fingerprint density at radius 3 is 2.75 bits per heavy atom. The first-order valence-corrected chi connectivity index (χ1v) is 6.15. The van der Waals surface area contributed by atoms with Crippen LogP contribution >= 0.6 is 0 Å². The summed E-state index contributed by atoms with van der Waals surface area (Å²) in [5.74, 6) is 1.59. The van der Waals surface area contributed by atoms with Crippen molar-refractivity contribution in [1.82, 2.24) is 5.32 Å². The predicted octanol–water partition coefficient (Wildman–Crippen LogP) is 2.85. The van der Waals surface area contributed by atoms with E-state index in [0.717, 1.165) is 5.56 Å². The third-order valence-electron chi connectivity index (χ3n) is 2.91. The standard InChI is InChI=1S/C13H16F3NO3/c1-8(5-13(14,15)16)17-6-9-3-10(18-2)12-11(4-9)19-7-20-12/h3-4,8,17H,5-7H2,1-2H3. The Morgan fingerprint density at radius 2 is 2.10 bits per heavy atom. The summed E-state index contributed by atoms with van der Waals surface area (Å²) < 4.78 is 52.4. The topological polar surface area (TPSA) is 39.7 Å². The second kappa shape index (κ2) is 5.78. The molecule has 0 saturated heterocycles. The molecule has 1 unspecified atom stereocenters. The summed E-state index contributed by atoms with van der Waals surface area (Å²) in [5, 5.41) is 2.83. The van der Waals surface area contributed by atoms with E-state index >= 15 is 0 Å². The van der Waals surface area contributed by atoms with E-state index in [4.69, 9.17) is 14.2 Å².